The van der Waals surface area contributed by atoms with Crippen molar-refractivity contribution in [1.29, 1.82) is 0 Å². The number of nitrogens with zero attached hydrogens (tertiary/aromatic N) is 2. The third kappa shape index (κ3) is 6.43. The van der Waals surface area contributed by atoms with Gasteiger partial charge in [0.2, 0.25) is 5.91 Å². The lowest BCUT2D eigenvalue weighted by molar-refractivity contribution is -0.144. The molecule has 2 heterocycles. The van der Waals surface area contributed by atoms with E-state index in [1.165, 1.54) is 4.90 Å². The number of anilines is 3. The molecule has 0 spiro atoms. The molecule has 4 rings (SSSR count). The maximum absolute atomic E-state index is 13.2. The molecule has 192 valence electrons. The Balaban J connectivity index is 1.44. The molecule has 11 heteroatoms. The second-order valence-corrected chi connectivity index (χ2v) is 8.52. The Kier molecular flexibility index (Phi) is 8.02. The molecule has 3 N–H and O–H groups in total. The van der Waals surface area contributed by atoms with Crippen LogP contribution in [0, 0.1) is 12.3 Å². The minimum atomic E-state index is -1.14. The van der Waals surface area contributed by atoms with Crippen molar-refractivity contribution in [2.45, 2.75) is 18.6 Å². The molecular formula is C26H26N4O7. The fourth-order valence-electron chi connectivity index (χ4n) is 4.17. The van der Waals surface area contributed by atoms with Gasteiger partial charge < -0.3 is 35.0 Å². The summed E-state index contributed by atoms with van der Waals surface area (Å²) >= 11 is 0. The summed E-state index contributed by atoms with van der Waals surface area (Å²) in [6, 6.07) is 12.0. The molecule has 0 unspecified atom stereocenters. The number of rotatable bonds is 7. The Morgan fingerprint density at radius 2 is 1.76 bits per heavy atom. The number of ether oxygens (including phenoxy) is 2. The van der Waals surface area contributed by atoms with Crippen LogP contribution in [0.3, 0.4) is 0 Å². The molecule has 0 aliphatic carbocycles. The zero-order chi connectivity index (χ0) is 26.4. The Hall–Kier alpha value is -4.40. The predicted molar refractivity (Wildman–Crippen MR) is 134 cm³/mol. The van der Waals surface area contributed by atoms with E-state index < -0.39 is 36.7 Å². The van der Waals surface area contributed by atoms with E-state index in [0.29, 0.717) is 35.8 Å². The number of carboxylic acid groups (broad SMARTS) is 1. The molecule has 2 fully saturated rings. The lowest BCUT2D eigenvalue weighted by Gasteiger charge is -2.27. The first-order valence-electron chi connectivity index (χ1n) is 11.6. The number of terminal acetylenes is 1. The number of benzene rings is 2. The third-order valence-corrected chi connectivity index (χ3v) is 6.00. The second kappa shape index (κ2) is 11.6. The molecule has 2 aliphatic heterocycles. The molecule has 2 aliphatic rings. The number of urea groups is 1. The number of amides is 4. The molecule has 0 bridgehead atoms. The summed E-state index contributed by atoms with van der Waals surface area (Å²) in [4.78, 5) is 52.1. The SMILES string of the molecule is C#Cc1ccc(NC(=O)N2C[C@H](OCC(=O)O)C[C@@H]2C(=O)Nc2ccc(N3CCOCC3=O)cc2)cc1. The van der Waals surface area contributed by atoms with Gasteiger partial charge >= 0.3 is 12.0 Å². The van der Waals surface area contributed by atoms with Crippen LogP contribution in [-0.2, 0) is 23.9 Å². The van der Waals surface area contributed by atoms with Crippen LogP contribution in [0.5, 0.6) is 0 Å². The molecule has 2 aromatic rings. The van der Waals surface area contributed by atoms with Crippen molar-refractivity contribution in [3.63, 3.8) is 0 Å². The second-order valence-electron chi connectivity index (χ2n) is 8.52. The van der Waals surface area contributed by atoms with Crippen LogP contribution in [0.4, 0.5) is 21.9 Å². The van der Waals surface area contributed by atoms with Crippen molar-refractivity contribution in [1.82, 2.24) is 4.90 Å². The predicted octanol–water partition coefficient (Wildman–Crippen LogP) is 1.75. The van der Waals surface area contributed by atoms with Crippen molar-refractivity contribution in [3.8, 4) is 12.3 Å². The van der Waals surface area contributed by atoms with Crippen molar-refractivity contribution < 1.29 is 33.8 Å². The number of aliphatic carboxylic acids is 1. The van der Waals surface area contributed by atoms with E-state index in [1.54, 1.807) is 53.4 Å². The summed E-state index contributed by atoms with van der Waals surface area (Å²) in [7, 11) is 0. The van der Waals surface area contributed by atoms with Crippen molar-refractivity contribution in [3.05, 3.63) is 54.1 Å². The van der Waals surface area contributed by atoms with Gasteiger partial charge in [-0.2, -0.15) is 0 Å². The minimum absolute atomic E-state index is 0.0250. The van der Waals surface area contributed by atoms with Crippen molar-refractivity contribution >= 4 is 40.9 Å². The largest absolute Gasteiger partial charge is 0.480 e. The van der Waals surface area contributed by atoms with Gasteiger partial charge in [-0.3, -0.25) is 9.59 Å². The number of carboxylic acids is 1. The van der Waals surface area contributed by atoms with E-state index in [9.17, 15) is 19.2 Å². The number of morpholine rings is 1. The quantitative estimate of drug-likeness (QED) is 0.487. The number of carbonyl (C=O) groups is 4. The number of hydrogen-bond acceptors (Lipinski definition) is 6. The summed E-state index contributed by atoms with van der Waals surface area (Å²) in [5.74, 6) is 0.762. The highest BCUT2D eigenvalue weighted by atomic mass is 16.5. The van der Waals surface area contributed by atoms with Gasteiger partial charge in [0.25, 0.3) is 5.91 Å². The molecule has 0 radical (unpaired) electrons. The molecule has 2 atom stereocenters. The van der Waals surface area contributed by atoms with Gasteiger partial charge in [0.1, 0.15) is 19.3 Å². The Morgan fingerprint density at radius 1 is 1.08 bits per heavy atom. The smallest absolute Gasteiger partial charge is 0.329 e. The fraction of sp³-hybridized carbons (Fsp3) is 0.308. The summed E-state index contributed by atoms with van der Waals surface area (Å²) in [6.45, 7) is 0.418. The number of nitrogens with one attached hydrogen (secondary N) is 2. The van der Waals surface area contributed by atoms with Crippen LogP contribution in [0.1, 0.15) is 12.0 Å². The zero-order valence-corrected chi connectivity index (χ0v) is 19.9. The van der Waals surface area contributed by atoms with Gasteiger partial charge in [-0.05, 0) is 48.5 Å². The normalized spacial score (nSPS) is 19.3. The Bertz CT molecular complexity index is 1210. The first-order chi connectivity index (χ1) is 17.8. The maximum atomic E-state index is 13.2. The topological polar surface area (TPSA) is 138 Å². The standard InChI is InChI=1S/C26H26N4O7/c1-2-17-3-5-19(6-4-17)28-26(35)30-14-21(37-16-24(32)33)13-22(30)25(34)27-18-7-9-20(10-8-18)29-11-12-36-15-23(29)31/h1,3-10,21-22H,11-16H2,(H,27,34)(H,28,35)(H,32,33)/t21-,22-/m1/s1. The van der Waals surface area contributed by atoms with Crippen LogP contribution in [0.2, 0.25) is 0 Å². The molecule has 0 saturated carbocycles. The highest BCUT2D eigenvalue weighted by Gasteiger charge is 2.40. The zero-order valence-electron chi connectivity index (χ0n) is 19.9. The maximum Gasteiger partial charge on any atom is 0.329 e. The summed E-state index contributed by atoms with van der Waals surface area (Å²) in [5, 5.41) is 14.5. The van der Waals surface area contributed by atoms with Crippen LogP contribution in [-0.4, -0.2) is 78.9 Å². The van der Waals surface area contributed by atoms with E-state index in [4.69, 9.17) is 21.0 Å². The molecule has 2 saturated heterocycles. The van der Waals surface area contributed by atoms with E-state index in [2.05, 4.69) is 16.6 Å². The van der Waals surface area contributed by atoms with E-state index >= 15 is 0 Å². The molecule has 0 aromatic heterocycles. The number of carbonyl (C=O) groups excluding carboxylic acids is 3. The van der Waals surface area contributed by atoms with Gasteiger partial charge in [-0.1, -0.05) is 5.92 Å². The van der Waals surface area contributed by atoms with Gasteiger partial charge in [-0.15, -0.1) is 6.42 Å². The Morgan fingerprint density at radius 3 is 2.41 bits per heavy atom. The van der Waals surface area contributed by atoms with E-state index in [0.717, 1.165) is 0 Å². The molecule has 2 aromatic carbocycles. The van der Waals surface area contributed by atoms with E-state index in [-0.39, 0.29) is 25.5 Å². The molecular weight excluding hydrogens is 480 g/mol. The van der Waals surface area contributed by atoms with Crippen LogP contribution in [0.25, 0.3) is 0 Å². The average molecular weight is 507 g/mol. The lowest BCUT2D eigenvalue weighted by atomic mass is 10.1. The van der Waals surface area contributed by atoms with E-state index in [1.807, 2.05) is 0 Å². The van der Waals surface area contributed by atoms with Crippen LogP contribution in [0.15, 0.2) is 48.5 Å². The Labute approximate surface area is 213 Å². The van der Waals surface area contributed by atoms with Crippen LogP contribution >= 0.6 is 0 Å². The van der Waals surface area contributed by atoms with Crippen molar-refractivity contribution in [2.75, 3.05) is 48.4 Å². The third-order valence-electron chi connectivity index (χ3n) is 6.00. The first kappa shape index (κ1) is 25.7. The van der Waals surface area contributed by atoms with Gasteiger partial charge in [0.15, 0.2) is 0 Å². The minimum Gasteiger partial charge on any atom is -0.480 e. The summed E-state index contributed by atoms with van der Waals surface area (Å²) < 4.78 is 10.5. The van der Waals surface area contributed by atoms with Crippen LogP contribution < -0.4 is 15.5 Å². The highest BCUT2D eigenvalue weighted by molar-refractivity contribution is 6.00. The summed E-state index contributed by atoms with van der Waals surface area (Å²) in [6.07, 6.45) is 4.86. The highest BCUT2D eigenvalue weighted by Crippen LogP contribution is 2.25. The summed E-state index contributed by atoms with van der Waals surface area (Å²) in [5.41, 5.74) is 2.31. The van der Waals surface area contributed by atoms with Gasteiger partial charge in [0, 0.05) is 42.1 Å². The number of hydrogen-bond donors (Lipinski definition) is 3. The van der Waals surface area contributed by atoms with Crippen molar-refractivity contribution in [2.24, 2.45) is 0 Å². The lowest BCUT2D eigenvalue weighted by Crippen LogP contribution is -2.45. The number of likely N-dealkylation sites (tertiary alicyclic amines) is 1. The fourth-order valence-corrected chi connectivity index (χ4v) is 4.17. The molecule has 4 amide bonds. The average Bonchev–Trinajstić information content (AvgIpc) is 3.34. The van der Waals surface area contributed by atoms with Gasteiger partial charge in [0.05, 0.1) is 12.7 Å². The monoisotopic (exact) mass is 506 g/mol. The molecule has 11 nitrogen and oxygen atoms in total. The molecule has 37 heavy (non-hydrogen) atoms. The van der Waals surface area contributed by atoms with Gasteiger partial charge in [-0.25, -0.2) is 9.59 Å². The first-order valence-corrected chi connectivity index (χ1v) is 11.6.